The number of benzene rings is 1. The lowest BCUT2D eigenvalue weighted by atomic mass is 10.0. The van der Waals surface area contributed by atoms with Gasteiger partial charge in [-0.2, -0.15) is 9.40 Å². The van der Waals surface area contributed by atoms with E-state index < -0.39 is 15.6 Å². The molecule has 256 valence electrons. The van der Waals surface area contributed by atoms with Crippen LogP contribution < -0.4 is 10.2 Å². The van der Waals surface area contributed by atoms with Crippen molar-refractivity contribution in [2.24, 2.45) is 7.05 Å². The van der Waals surface area contributed by atoms with Gasteiger partial charge in [0.15, 0.2) is 11.5 Å². The zero-order valence-electron chi connectivity index (χ0n) is 28.1. The lowest BCUT2D eigenvalue weighted by Crippen LogP contribution is -2.50. The number of amides is 2. The maximum absolute atomic E-state index is 13.7. The molecule has 3 aliphatic rings. The largest absolute Gasteiger partial charge is 0.444 e. The Kier molecular flexibility index (Phi) is 8.09. The molecule has 2 aliphatic heterocycles. The molecule has 15 heteroatoms. The fourth-order valence-electron chi connectivity index (χ4n) is 6.90. The molecule has 0 unspecified atom stereocenters. The summed E-state index contributed by atoms with van der Waals surface area (Å²) in [5.41, 5.74) is 3.21. The molecule has 3 aromatic heterocycles. The Hall–Kier alpha value is -4.24. The number of nitrogens with one attached hydrogen (secondary N) is 1. The first kappa shape index (κ1) is 32.3. The average molecular weight is 678 g/mol. The normalized spacial score (nSPS) is 18.9. The van der Waals surface area contributed by atoms with Gasteiger partial charge >= 0.3 is 6.09 Å². The minimum atomic E-state index is -3.31. The zero-order valence-corrected chi connectivity index (χ0v) is 29.0. The van der Waals surface area contributed by atoms with Gasteiger partial charge in [-0.05, 0) is 71.9 Å². The maximum Gasteiger partial charge on any atom is 0.410 e. The third kappa shape index (κ3) is 6.44. The van der Waals surface area contributed by atoms with Crippen LogP contribution in [-0.2, 0) is 28.4 Å². The molecule has 1 aliphatic carbocycles. The molecule has 4 aromatic rings. The van der Waals surface area contributed by atoms with Gasteiger partial charge in [0, 0.05) is 62.2 Å². The molecule has 0 radical (unpaired) electrons. The standard InChI is InChI=1S/C33H43N9O5S/c1-21-17-40-20-28(35-30(40)26(34-21)19-41-13-6-16-48(41,45)46)36-31(43)24-9-10-27(25-18-38(5)37-29(24)25)39-14-11-23(12-15-39)42(22-7-8-22)32(44)47-33(2,3)4/h9-10,17-18,20,22-23H,6-8,11-16,19H2,1-5H3,(H,36,43). The van der Waals surface area contributed by atoms with Crippen molar-refractivity contribution in [3.8, 4) is 0 Å². The summed E-state index contributed by atoms with van der Waals surface area (Å²) in [6.45, 7) is 9.66. The number of nitrogens with zero attached hydrogens (tertiary/aromatic N) is 8. The van der Waals surface area contributed by atoms with Crippen LogP contribution >= 0.6 is 0 Å². The molecule has 7 rings (SSSR count). The lowest BCUT2D eigenvalue weighted by Gasteiger charge is -2.40. The first-order valence-electron chi connectivity index (χ1n) is 16.6. The Morgan fingerprint density at radius 1 is 1.02 bits per heavy atom. The fraction of sp³-hybridized carbons (Fsp3) is 0.545. The highest BCUT2D eigenvalue weighted by Gasteiger charge is 2.41. The Balaban J connectivity index is 1.09. The molecular weight excluding hydrogens is 634 g/mol. The van der Waals surface area contributed by atoms with Crippen molar-refractivity contribution in [3.63, 3.8) is 0 Å². The van der Waals surface area contributed by atoms with Crippen molar-refractivity contribution in [3.05, 3.63) is 47.7 Å². The highest BCUT2D eigenvalue weighted by atomic mass is 32.2. The molecule has 0 spiro atoms. The number of carbonyl (C=O) groups excluding carboxylic acids is 2. The summed E-state index contributed by atoms with van der Waals surface area (Å²) in [7, 11) is -1.47. The molecule has 3 fully saturated rings. The lowest BCUT2D eigenvalue weighted by molar-refractivity contribution is 0.0113. The highest BCUT2D eigenvalue weighted by Crippen LogP contribution is 2.36. The summed E-state index contributed by atoms with van der Waals surface area (Å²) in [6.07, 6.45) is 9.51. The number of aromatic nitrogens is 5. The van der Waals surface area contributed by atoms with Crippen LogP contribution in [0.3, 0.4) is 0 Å². The number of carbonyl (C=O) groups is 2. The SMILES string of the molecule is Cc1cn2cc(NC(=O)c3ccc(N4CCC(N(C(=O)OC(C)(C)C)C5CC5)CC4)c4cn(C)nc34)nc2c(CN2CCCS2(=O)=O)n1. The molecule has 0 atom stereocenters. The number of hydrogen-bond donors (Lipinski definition) is 1. The van der Waals surface area contributed by atoms with E-state index in [1.807, 2.05) is 51.9 Å². The van der Waals surface area contributed by atoms with E-state index in [2.05, 4.69) is 25.3 Å². The predicted molar refractivity (Wildman–Crippen MR) is 182 cm³/mol. The van der Waals surface area contributed by atoms with Gasteiger partial charge in [-0.25, -0.2) is 18.2 Å². The molecule has 1 N–H and O–H groups in total. The number of hydrogen-bond acceptors (Lipinski definition) is 9. The Labute approximate surface area is 280 Å². The molecule has 0 bridgehead atoms. The minimum absolute atomic E-state index is 0.128. The van der Waals surface area contributed by atoms with Crippen LogP contribution in [0.2, 0.25) is 0 Å². The smallest absolute Gasteiger partial charge is 0.410 e. The summed E-state index contributed by atoms with van der Waals surface area (Å²) in [5.74, 6) is 0.119. The topological polar surface area (TPSA) is 147 Å². The third-order valence-corrected chi connectivity index (χ3v) is 11.1. The number of ether oxygens (including phenoxy) is 1. The van der Waals surface area contributed by atoms with Gasteiger partial charge in [0.1, 0.15) is 11.1 Å². The second-order valence-corrected chi connectivity index (χ2v) is 16.3. The summed E-state index contributed by atoms with van der Waals surface area (Å²) >= 11 is 0. The van der Waals surface area contributed by atoms with Crippen LogP contribution in [0.5, 0.6) is 0 Å². The van der Waals surface area contributed by atoms with Crippen LogP contribution in [-0.4, -0.2) is 96.8 Å². The van der Waals surface area contributed by atoms with E-state index in [9.17, 15) is 18.0 Å². The van der Waals surface area contributed by atoms with Crippen LogP contribution in [0.15, 0.2) is 30.7 Å². The number of aryl methyl sites for hydroxylation is 2. The second-order valence-electron chi connectivity index (χ2n) is 14.2. The molecular formula is C33H43N9O5S. The number of imidazole rings is 1. The molecule has 14 nitrogen and oxygen atoms in total. The Morgan fingerprint density at radius 3 is 2.42 bits per heavy atom. The average Bonchev–Trinajstić information content (AvgIpc) is 3.47. The molecule has 1 saturated carbocycles. The van der Waals surface area contributed by atoms with Crippen molar-refractivity contribution in [2.75, 3.05) is 35.6 Å². The first-order chi connectivity index (χ1) is 22.8. The van der Waals surface area contributed by atoms with Crippen molar-refractivity contribution >= 4 is 50.1 Å². The molecule has 1 aromatic carbocycles. The van der Waals surface area contributed by atoms with E-state index in [1.165, 1.54) is 4.31 Å². The van der Waals surface area contributed by atoms with Crippen molar-refractivity contribution in [1.29, 1.82) is 0 Å². The molecule has 48 heavy (non-hydrogen) atoms. The minimum Gasteiger partial charge on any atom is -0.444 e. The van der Waals surface area contributed by atoms with Crippen LogP contribution in [0.25, 0.3) is 16.6 Å². The van der Waals surface area contributed by atoms with E-state index in [0.29, 0.717) is 46.9 Å². The first-order valence-corrected chi connectivity index (χ1v) is 18.2. The Bertz CT molecular complexity index is 2000. The monoisotopic (exact) mass is 677 g/mol. The number of rotatable bonds is 7. The molecule has 5 heterocycles. The third-order valence-electron chi connectivity index (χ3n) is 9.15. The fourth-order valence-corrected chi connectivity index (χ4v) is 8.38. The van der Waals surface area contributed by atoms with Gasteiger partial charge in [-0.15, -0.1) is 0 Å². The van der Waals surface area contributed by atoms with Crippen molar-refractivity contribution in [1.82, 2.24) is 33.4 Å². The summed E-state index contributed by atoms with van der Waals surface area (Å²) in [4.78, 5) is 40.3. The van der Waals surface area contributed by atoms with Gasteiger partial charge in [-0.3, -0.25) is 14.5 Å². The van der Waals surface area contributed by atoms with E-state index in [4.69, 9.17) is 4.74 Å². The summed E-state index contributed by atoms with van der Waals surface area (Å²) in [6, 6.07) is 4.16. The van der Waals surface area contributed by atoms with Gasteiger partial charge in [-0.1, -0.05) is 0 Å². The summed E-state index contributed by atoms with van der Waals surface area (Å²) < 4.78 is 35.6. The summed E-state index contributed by atoms with van der Waals surface area (Å²) in [5, 5.41) is 8.46. The number of sulfonamides is 1. The Morgan fingerprint density at radius 2 is 1.75 bits per heavy atom. The highest BCUT2D eigenvalue weighted by molar-refractivity contribution is 7.89. The zero-order chi connectivity index (χ0) is 34.0. The maximum atomic E-state index is 13.7. The van der Waals surface area contributed by atoms with Gasteiger partial charge < -0.3 is 24.3 Å². The van der Waals surface area contributed by atoms with Crippen LogP contribution in [0, 0.1) is 6.92 Å². The van der Waals surface area contributed by atoms with Crippen molar-refractivity contribution in [2.45, 2.75) is 84.0 Å². The van der Waals surface area contributed by atoms with Gasteiger partial charge in [0.05, 0.1) is 35.4 Å². The predicted octanol–water partition coefficient (Wildman–Crippen LogP) is 4.08. The van der Waals surface area contributed by atoms with Crippen LogP contribution in [0.4, 0.5) is 16.3 Å². The van der Waals surface area contributed by atoms with E-state index in [1.54, 1.807) is 27.5 Å². The van der Waals surface area contributed by atoms with E-state index >= 15 is 0 Å². The van der Waals surface area contributed by atoms with E-state index in [-0.39, 0.29) is 36.4 Å². The van der Waals surface area contributed by atoms with Crippen LogP contribution in [0.1, 0.15) is 74.6 Å². The quantitative estimate of drug-likeness (QED) is 0.306. The second kappa shape index (κ2) is 12.0. The van der Waals surface area contributed by atoms with E-state index in [0.717, 1.165) is 49.8 Å². The van der Waals surface area contributed by atoms with Gasteiger partial charge in [0.2, 0.25) is 10.0 Å². The number of anilines is 2. The number of fused-ring (bicyclic) bond motifs is 2. The van der Waals surface area contributed by atoms with Crippen molar-refractivity contribution < 1.29 is 22.7 Å². The molecule has 2 amide bonds. The molecule has 2 saturated heterocycles. The van der Waals surface area contributed by atoms with Gasteiger partial charge in [0.25, 0.3) is 5.91 Å². The number of piperidine rings is 1.